The van der Waals surface area contributed by atoms with E-state index in [1.807, 2.05) is 19.9 Å². The molecule has 0 bridgehead atoms. The van der Waals surface area contributed by atoms with Gasteiger partial charge in [-0.2, -0.15) is 0 Å². The number of hydrogen-bond acceptors (Lipinski definition) is 3. The van der Waals surface area contributed by atoms with Crippen molar-refractivity contribution in [3.63, 3.8) is 0 Å². The second-order valence-electron chi connectivity index (χ2n) is 4.39. The summed E-state index contributed by atoms with van der Waals surface area (Å²) < 4.78 is 0. The Morgan fingerprint density at radius 2 is 2.18 bits per heavy atom. The van der Waals surface area contributed by atoms with Gasteiger partial charge in [0.15, 0.2) is 0 Å². The van der Waals surface area contributed by atoms with Crippen molar-refractivity contribution in [3.8, 4) is 0 Å². The second-order valence-corrected chi connectivity index (χ2v) is 5.64. The first-order valence-electron chi connectivity index (χ1n) is 5.64. The monoisotopic (exact) mass is 253 g/mol. The topological polar surface area (TPSA) is 66.4 Å². The average Bonchev–Trinajstić information content (AvgIpc) is 2.95. The molecule has 4 nitrogen and oxygen atoms in total. The second kappa shape index (κ2) is 4.14. The number of amides is 1. The van der Waals surface area contributed by atoms with Crippen LogP contribution in [0, 0.1) is 6.92 Å². The van der Waals surface area contributed by atoms with Crippen LogP contribution in [0.1, 0.15) is 39.9 Å². The van der Waals surface area contributed by atoms with Crippen LogP contribution in [0.4, 0.5) is 0 Å². The summed E-state index contributed by atoms with van der Waals surface area (Å²) in [7, 11) is 0. The summed E-state index contributed by atoms with van der Waals surface area (Å²) in [6.45, 7) is 4.01. The summed E-state index contributed by atoms with van der Waals surface area (Å²) in [6.07, 6.45) is 1.94. The van der Waals surface area contributed by atoms with Crippen molar-refractivity contribution in [3.05, 3.63) is 21.4 Å². The SMILES string of the molecule is CCc1cc(C(=O)NC2(C(=O)O)CC2)sc1C. The number of carbonyl (C=O) groups excluding carboxylic acids is 1. The van der Waals surface area contributed by atoms with Gasteiger partial charge in [-0.05, 0) is 37.8 Å². The van der Waals surface area contributed by atoms with Gasteiger partial charge in [-0.15, -0.1) is 11.3 Å². The maximum Gasteiger partial charge on any atom is 0.329 e. The molecule has 1 aromatic rings. The molecule has 0 atom stereocenters. The first-order chi connectivity index (χ1) is 7.98. The lowest BCUT2D eigenvalue weighted by Crippen LogP contribution is -2.42. The predicted octanol–water partition coefficient (Wildman–Crippen LogP) is 1.97. The summed E-state index contributed by atoms with van der Waals surface area (Å²) in [4.78, 5) is 24.6. The zero-order valence-electron chi connectivity index (χ0n) is 9.87. The first kappa shape index (κ1) is 12.1. The number of carboxylic acids is 1. The molecule has 0 aliphatic heterocycles. The molecule has 1 fully saturated rings. The maximum absolute atomic E-state index is 11.9. The predicted molar refractivity (Wildman–Crippen MR) is 65.5 cm³/mol. The van der Waals surface area contributed by atoms with E-state index in [0.717, 1.165) is 16.9 Å². The number of nitrogens with one attached hydrogen (secondary N) is 1. The van der Waals surface area contributed by atoms with E-state index in [9.17, 15) is 9.59 Å². The molecule has 2 N–H and O–H groups in total. The lowest BCUT2D eigenvalue weighted by atomic mass is 10.2. The van der Waals surface area contributed by atoms with Crippen molar-refractivity contribution in [1.29, 1.82) is 0 Å². The number of carboxylic acid groups (broad SMARTS) is 1. The molecule has 1 saturated carbocycles. The molecule has 0 unspecified atom stereocenters. The fourth-order valence-corrected chi connectivity index (χ4v) is 2.79. The van der Waals surface area contributed by atoms with Crippen molar-refractivity contribution in [2.24, 2.45) is 0 Å². The van der Waals surface area contributed by atoms with Crippen LogP contribution in [0.25, 0.3) is 0 Å². The van der Waals surface area contributed by atoms with Gasteiger partial charge in [0.2, 0.25) is 0 Å². The first-order valence-corrected chi connectivity index (χ1v) is 6.45. The Kier molecular flexibility index (Phi) is 2.95. The molecule has 0 aromatic carbocycles. The minimum absolute atomic E-state index is 0.266. The number of rotatable bonds is 4. The van der Waals surface area contributed by atoms with Gasteiger partial charge in [0, 0.05) is 4.88 Å². The summed E-state index contributed by atoms with van der Waals surface area (Å²) in [5.74, 6) is -1.20. The van der Waals surface area contributed by atoms with E-state index < -0.39 is 11.5 Å². The van der Waals surface area contributed by atoms with Crippen LogP contribution in [0.2, 0.25) is 0 Å². The van der Waals surface area contributed by atoms with E-state index in [-0.39, 0.29) is 5.91 Å². The minimum atomic E-state index is -0.999. The third-order valence-electron chi connectivity index (χ3n) is 3.14. The van der Waals surface area contributed by atoms with Crippen molar-refractivity contribution >= 4 is 23.2 Å². The third kappa shape index (κ3) is 2.20. The normalized spacial score (nSPS) is 16.6. The zero-order chi connectivity index (χ0) is 12.6. The van der Waals surface area contributed by atoms with Gasteiger partial charge in [0.1, 0.15) is 5.54 Å². The molecule has 1 aliphatic carbocycles. The van der Waals surface area contributed by atoms with E-state index in [1.165, 1.54) is 11.3 Å². The van der Waals surface area contributed by atoms with Crippen molar-refractivity contribution in [2.75, 3.05) is 0 Å². The van der Waals surface area contributed by atoms with Gasteiger partial charge in [0.05, 0.1) is 4.88 Å². The Morgan fingerprint density at radius 1 is 1.53 bits per heavy atom. The van der Waals surface area contributed by atoms with E-state index in [1.54, 1.807) is 0 Å². The third-order valence-corrected chi connectivity index (χ3v) is 4.23. The highest BCUT2D eigenvalue weighted by atomic mass is 32.1. The fourth-order valence-electron chi connectivity index (χ4n) is 1.78. The Hall–Kier alpha value is -1.36. The van der Waals surface area contributed by atoms with Crippen LogP contribution < -0.4 is 5.32 Å². The molecule has 1 aliphatic rings. The Labute approximate surface area is 104 Å². The number of aryl methyl sites for hydroxylation is 2. The maximum atomic E-state index is 11.9. The fraction of sp³-hybridized carbons (Fsp3) is 0.500. The molecule has 1 amide bonds. The number of hydrogen-bond donors (Lipinski definition) is 2. The van der Waals surface area contributed by atoms with Crippen LogP contribution in [0.3, 0.4) is 0 Å². The summed E-state index contributed by atoms with van der Waals surface area (Å²) in [5.41, 5.74) is 0.154. The lowest BCUT2D eigenvalue weighted by Gasteiger charge is -2.10. The van der Waals surface area contributed by atoms with Gasteiger partial charge in [-0.3, -0.25) is 4.79 Å². The van der Waals surface area contributed by atoms with E-state index in [0.29, 0.717) is 17.7 Å². The lowest BCUT2D eigenvalue weighted by molar-refractivity contribution is -0.140. The highest BCUT2D eigenvalue weighted by Gasteiger charge is 2.51. The van der Waals surface area contributed by atoms with E-state index in [2.05, 4.69) is 5.32 Å². The molecule has 2 rings (SSSR count). The van der Waals surface area contributed by atoms with Crippen molar-refractivity contribution in [1.82, 2.24) is 5.32 Å². The van der Waals surface area contributed by atoms with Crippen molar-refractivity contribution in [2.45, 2.75) is 38.6 Å². The van der Waals surface area contributed by atoms with Gasteiger partial charge >= 0.3 is 5.97 Å². The number of carbonyl (C=O) groups is 2. The van der Waals surface area contributed by atoms with Crippen molar-refractivity contribution < 1.29 is 14.7 Å². The van der Waals surface area contributed by atoms with E-state index in [4.69, 9.17) is 5.11 Å². The minimum Gasteiger partial charge on any atom is -0.480 e. The van der Waals surface area contributed by atoms with Gasteiger partial charge in [0.25, 0.3) is 5.91 Å². The van der Waals surface area contributed by atoms with E-state index >= 15 is 0 Å². The highest BCUT2D eigenvalue weighted by molar-refractivity contribution is 7.14. The standard InChI is InChI=1S/C12H15NO3S/c1-3-8-6-9(17-7(8)2)10(14)13-12(4-5-12)11(15)16/h6H,3-5H2,1-2H3,(H,13,14)(H,15,16). The number of thiophene rings is 1. The van der Waals surface area contributed by atoms with Crippen LogP contribution in [-0.4, -0.2) is 22.5 Å². The quantitative estimate of drug-likeness (QED) is 0.862. The van der Waals surface area contributed by atoms with Crippen LogP contribution >= 0.6 is 11.3 Å². The zero-order valence-corrected chi connectivity index (χ0v) is 10.7. The molecule has 1 heterocycles. The summed E-state index contributed by atoms with van der Waals surface area (Å²) in [6, 6.07) is 1.85. The molecular weight excluding hydrogens is 238 g/mol. The smallest absolute Gasteiger partial charge is 0.329 e. The Balaban J connectivity index is 2.12. The molecule has 0 spiro atoms. The Morgan fingerprint density at radius 3 is 2.59 bits per heavy atom. The molecule has 92 valence electrons. The molecule has 5 heteroatoms. The average molecular weight is 253 g/mol. The molecule has 0 saturated heterocycles. The van der Waals surface area contributed by atoms with Gasteiger partial charge in [-0.1, -0.05) is 6.92 Å². The van der Waals surface area contributed by atoms with Gasteiger partial charge < -0.3 is 10.4 Å². The number of aliphatic carboxylic acids is 1. The van der Waals surface area contributed by atoms with Gasteiger partial charge in [-0.25, -0.2) is 4.79 Å². The molecule has 17 heavy (non-hydrogen) atoms. The molecule has 0 radical (unpaired) electrons. The summed E-state index contributed by atoms with van der Waals surface area (Å²) >= 11 is 1.42. The molecule has 1 aromatic heterocycles. The van der Waals surface area contributed by atoms with Crippen LogP contribution in [0.15, 0.2) is 6.07 Å². The van der Waals surface area contributed by atoms with Crippen LogP contribution in [-0.2, 0) is 11.2 Å². The summed E-state index contributed by atoms with van der Waals surface area (Å²) in [5, 5.41) is 11.6. The Bertz CT molecular complexity index is 474. The molecular formula is C12H15NO3S. The van der Waals surface area contributed by atoms with Crippen LogP contribution in [0.5, 0.6) is 0 Å². The largest absolute Gasteiger partial charge is 0.480 e. The highest BCUT2D eigenvalue weighted by Crippen LogP contribution is 2.36.